The van der Waals surface area contributed by atoms with Gasteiger partial charge in [0.1, 0.15) is 5.76 Å². The molecule has 0 radical (unpaired) electrons. The molecule has 0 saturated carbocycles. The second kappa shape index (κ2) is 2.20. The third-order valence-corrected chi connectivity index (χ3v) is 3.06. The predicted octanol–water partition coefficient (Wildman–Crippen LogP) is 2.80. The fourth-order valence-electron chi connectivity index (χ4n) is 0.833. The van der Waals surface area contributed by atoms with E-state index in [-0.39, 0.29) is 0 Å². The highest BCUT2D eigenvalue weighted by Gasteiger charge is 2.06. The number of aryl methyl sites for hydroxylation is 1. The fraction of sp³-hybridized carbons (Fsp3) is 0.167. The number of hydrogen-bond acceptors (Lipinski definition) is 3. The maximum absolute atomic E-state index is 5.38. The lowest BCUT2D eigenvalue weighted by Gasteiger charge is -1.77. The maximum atomic E-state index is 5.38. The molecule has 0 N–H and O–H groups in total. The summed E-state index contributed by atoms with van der Waals surface area (Å²) in [4.78, 5) is 0. The molecular weight excluding hydrogens is 261 g/mol. The Morgan fingerprint density at radius 3 is 3.20 bits per heavy atom. The van der Waals surface area contributed by atoms with Crippen molar-refractivity contribution in [2.45, 2.75) is 6.92 Å². The number of nitrogens with zero attached hydrogens (tertiary/aromatic N) is 1. The Hall–Kier alpha value is -0.100. The normalized spacial score (nSPS) is 11.0. The molecule has 0 atom stereocenters. The summed E-state index contributed by atoms with van der Waals surface area (Å²) in [6, 6.07) is 2.01. The molecule has 0 bridgehead atoms. The van der Waals surface area contributed by atoms with Gasteiger partial charge in [0, 0.05) is 0 Å². The molecule has 10 heavy (non-hydrogen) atoms. The van der Waals surface area contributed by atoms with Crippen LogP contribution in [0.3, 0.4) is 0 Å². The zero-order valence-electron chi connectivity index (χ0n) is 5.22. The van der Waals surface area contributed by atoms with Crippen molar-refractivity contribution in [3.63, 3.8) is 0 Å². The molecule has 0 saturated heterocycles. The van der Waals surface area contributed by atoms with E-state index in [4.69, 9.17) is 4.42 Å². The minimum Gasteiger partial charge on any atom is -0.458 e. The van der Waals surface area contributed by atoms with E-state index in [0.29, 0.717) is 0 Å². The van der Waals surface area contributed by atoms with Gasteiger partial charge in [0.05, 0.1) is 4.70 Å². The minimum absolute atomic E-state index is 0.933. The molecule has 2 nitrogen and oxygen atoms in total. The van der Waals surface area contributed by atoms with Crippen molar-refractivity contribution >= 4 is 44.4 Å². The van der Waals surface area contributed by atoms with Crippen LogP contribution in [-0.4, -0.2) is 4.37 Å². The molecule has 2 aromatic heterocycles. The molecule has 0 spiro atoms. The average Bonchev–Trinajstić information content (AvgIpc) is 2.35. The van der Waals surface area contributed by atoms with Gasteiger partial charge in [0.2, 0.25) is 0 Å². The molecular formula is C6H4INOS. The van der Waals surface area contributed by atoms with Gasteiger partial charge in [-0.2, -0.15) is 4.37 Å². The molecule has 0 aliphatic heterocycles. The summed E-state index contributed by atoms with van der Waals surface area (Å²) in [5, 5.41) is 0. The van der Waals surface area contributed by atoms with Crippen LogP contribution in [-0.2, 0) is 0 Å². The third-order valence-electron chi connectivity index (χ3n) is 1.23. The lowest BCUT2D eigenvalue weighted by Crippen LogP contribution is -1.62. The summed E-state index contributed by atoms with van der Waals surface area (Å²) in [5.41, 5.74) is 0.933. The largest absolute Gasteiger partial charge is 0.458 e. The first-order chi connectivity index (χ1) is 4.77. The Kier molecular flexibility index (Phi) is 1.45. The van der Waals surface area contributed by atoms with Gasteiger partial charge in [-0.05, 0) is 47.1 Å². The fourth-order valence-corrected chi connectivity index (χ4v) is 2.41. The molecule has 0 aliphatic rings. The van der Waals surface area contributed by atoms with Gasteiger partial charge in [0.25, 0.3) is 0 Å². The maximum Gasteiger partial charge on any atom is 0.178 e. The Labute approximate surface area is 75.5 Å². The van der Waals surface area contributed by atoms with Crippen LogP contribution in [0, 0.1) is 10.6 Å². The quantitative estimate of drug-likeness (QED) is 0.684. The molecule has 2 heterocycles. The number of halogens is 1. The van der Waals surface area contributed by atoms with Crippen LogP contribution in [0.25, 0.3) is 10.3 Å². The highest BCUT2D eigenvalue weighted by atomic mass is 127. The highest BCUT2D eigenvalue weighted by Crippen LogP contribution is 2.26. The van der Waals surface area contributed by atoms with Crippen LogP contribution in [0.4, 0.5) is 0 Å². The van der Waals surface area contributed by atoms with Gasteiger partial charge in [-0.25, -0.2) is 0 Å². The van der Waals surface area contributed by atoms with Gasteiger partial charge >= 0.3 is 0 Å². The molecule has 2 rings (SSSR count). The highest BCUT2D eigenvalue weighted by molar-refractivity contribution is 14.1. The standard InChI is InChI=1S/C6H4INOS/c1-3-2-4-5(9-3)6(7)8-10-4/h2H,1H3. The van der Waals surface area contributed by atoms with E-state index in [0.717, 1.165) is 19.7 Å². The van der Waals surface area contributed by atoms with Crippen LogP contribution >= 0.6 is 34.1 Å². The SMILES string of the molecule is Cc1cc2snc(I)c2o1. The van der Waals surface area contributed by atoms with Crippen molar-refractivity contribution in [2.24, 2.45) is 0 Å². The zero-order valence-corrected chi connectivity index (χ0v) is 8.19. The summed E-state index contributed by atoms with van der Waals surface area (Å²) in [5.74, 6) is 0.960. The van der Waals surface area contributed by atoms with Gasteiger partial charge in [-0.1, -0.05) is 0 Å². The molecule has 0 aromatic carbocycles. The Morgan fingerprint density at radius 2 is 2.50 bits per heavy atom. The van der Waals surface area contributed by atoms with E-state index in [9.17, 15) is 0 Å². The molecule has 0 aliphatic carbocycles. The number of aromatic nitrogens is 1. The van der Waals surface area contributed by atoms with Crippen molar-refractivity contribution < 1.29 is 4.42 Å². The van der Waals surface area contributed by atoms with Crippen LogP contribution < -0.4 is 0 Å². The molecule has 4 heteroatoms. The van der Waals surface area contributed by atoms with Gasteiger partial charge in [-0.15, -0.1) is 0 Å². The zero-order chi connectivity index (χ0) is 7.14. The lowest BCUT2D eigenvalue weighted by molar-refractivity contribution is 0.576. The monoisotopic (exact) mass is 265 g/mol. The molecule has 2 aromatic rings. The van der Waals surface area contributed by atoms with Gasteiger partial charge in [0.15, 0.2) is 9.28 Å². The number of furan rings is 1. The van der Waals surface area contributed by atoms with E-state index in [2.05, 4.69) is 27.0 Å². The van der Waals surface area contributed by atoms with Crippen molar-refractivity contribution in [2.75, 3.05) is 0 Å². The van der Waals surface area contributed by atoms with Gasteiger partial charge < -0.3 is 4.42 Å². The summed E-state index contributed by atoms with van der Waals surface area (Å²) < 4.78 is 11.6. The molecule has 0 amide bonds. The Balaban J connectivity index is 2.90. The first-order valence-electron chi connectivity index (χ1n) is 2.78. The first kappa shape index (κ1) is 6.60. The van der Waals surface area contributed by atoms with Crippen LogP contribution in [0.1, 0.15) is 5.76 Å². The van der Waals surface area contributed by atoms with Crippen LogP contribution in [0.2, 0.25) is 0 Å². The topological polar surface area (TPSA) is 26.0 Å². The summed E-state index contributed by atoms with van der Waals surface area (Å²) in [7, 11) is 0. The predicted molar refractivity (Wildman–Crippen MR) is 49.3 cm³/mol. The number of fused-ring (bicyclic) bond motifs is 1. The Morgan fingerprint density at radius 1 is 1.70 bits per heavy atom. The van der Waals surface area contributed by atoms with Crippen molar-refractivity contribution in [3.8, 4) is 0 Å². The van der Waals surface area contributed by atoms with Crippen molar-refractivity contribution in [3.05, 3.63) is 15.5 Å². The van der Waals surface area contributed by atoms with E-state index in [1.54, 1.807) is 0 Å². The third kappa shape index (κ3) is 0.861. The second-order valence-corrected chi connectivity index (χ2v) is 3.85. The number of rotatable bonds is 0. The van der Waals surface area contributed by atoms with Crippen LogP contribution in [0.5, 0.6) is 0 Å². The van der Waals surface area contributed by atoms with Crippen LogP contribution in [0.15, 0.2) is 10.5 Å². The van der Waals surface area contributed by atoms with Crippen molar-refractivity contribution in [1.29, 1.82) is 0 Å². The molecule has 52 valence electrons. The van der Waals surface area contributed by atoms with E-state index < -0.39 is 0 Å². The molecule has 0 unspecified atom stereocenters. The second-order valence-electron chi connectivity index (χ2n) is 2.02. The first-order valence-corrected chi connectivity index (χ1v) is 4.64. The van der Waals surface area contributed by atoms with Gasteiger partial charge in [-0.3, -0.25) is 0 Å². The smallest absolute Gasteiger partial charge is 0.178 e. The summed E-state index contributed by atoms with van der Waals surface area (Å²) in [6.07, 6.45) is 0. The average molecular weight is 265 g/mol. The van der Waals surface area contributed by atoms with E-state index >= 15 is 0 Å². The van der Waals surface area contributed by atoms with Crippen molar-refractivity contribution in [1.82, 2.24) is 4.37 Å². The minimum atomic E-state index is 0.933. The number of hydrogen-bond donors (Lipinski definition) is 0. The molecule has 0 fully saturated rings. The summed E-state index contributed by atoms with van der Waals surface area (Å²) >= 11 is 3.66. The van der Waals surface area contributed by atoms with E-state index in [1.807, 2.05) is 13.0 Å². The lowest BCUT2D eigenvalue weighted by atomic mass is 10.5. The van der Waals surface area contributed by atoms with E-state index in [1.165, 1.54) is 11.5 Å². The summed E-state index contributed by atoms with van der Waals surface area (Å²) in [6.45, 7) is 1.95. The Bertz CT molecular complexity index is 365.